The van der Waals surface area contributed by atoms with Gasteiger partial charge in [-0.05, 0) is 13.3 Å². The van der Waals surface area contributed by atoms with Crippen LogP contribution in [0.2, 0.25) is 0 Å². The van der Waals surface area contributed by atoms with E-state index in [0.29, 0.717) is 37.5 Å². The number of amides is 1. The van der Waals surface area contributed by atoms with E-state index < -0.39 is 5.82 Å². The van der Waals surface area contributed by atoms with Gasteiger partial charge in [0.05, 0.1) is 23.9 Å². The number of primary amides is 1. The second-order valence-corrected chi connectivity index (χ2v) is 4.61. The molecule has 0 aromatic heterocycles. The second kappa shape index (κ2) is 5.34. The number of ether oxygens (including phenoxy) is 1. The smallest absolute Gasteiger partial charge is 0.222 e. The van der Waals surface area contributed by atoms with Crippen molar-refractivity contribution in [1.82, 2.24) is 0 Å². The minimum atomic E-state index is -0.478. The Morgan fingerprint density at radius 2 is 2.32 bits per heavy atom. The second-order valence-electron chi connectivity index (χ2n) is 4.61. The molecule has 0 spiro atoms. The number of hydrogen-bond acceptors (Lipinski definition) is 4. The van der Waals surface area contributed by atoms with E-state index in [-0.39, 0.29) is 17.6 Å². The summed E-state index contributed by atoms with van der Waals surface area (Å²) in [5.41, 5.74) is 12.2. The van der Waals surface area contributed by atoms with Gasteiger partial charge in [-0.2, -0.15) is 0 Å². The highest BCUT2D eigenvalue weighted by molar-refractivity contribution is 5.79. The van der Waals surface area contributed by atoms with E-state index in [1.807, 2.05) is 4.90 Å². The van der Waals surface area contributed by atoms with Gasteiger partial charge in [0, 0.05) is 25.2 Å². The fourth-order valence-corrected chi connectivity index (χ4v) is 2.31. The summed E-state index contributed by atoms with van der Waals surface area (Å²) in [6.45, 7) is 3.35. The van der Waals surface area contributed by atoms with Crippen LogP contribution in [0.5, 0.6) is 5.75 Å². The van der Waals surface area contributed by atoms with Crippen LogP contribution in [0.4, 0.5) is 15.8 Å². The van der Waals surface area contributed by atoms with E-state index in [0.717, 1.165) is 0 Å². The molecular weight excluding hydrogens is 249 g/mol. The van der Waals surface area contributed by atoms with Crippen LogP contribution in [0, 0.1) is 11.7 Å². The molecule has 1 aliphatic heterocycles. The van der Waals surface area contributed by atoms with Crippen LogP contribution in [0.1, 0.15) is 13.3 Å². The number of rotatable bonds is 4. The number of halogens is 1. The minimum absolute atomic E-state index is 0.175. The molecule has 0 saturated carbocycles. The molecule has 1 aromatic carbocycles. The van der Waals surface area contributed by atoms with Gasteiger partial charge in [0.25, 0.3) is 0 Å². The Morgan fingerprint density at radius 3 is 2.89 bits per heavy atom. The minimum Gasteiger partial charge on any atom is -0.491 e. The van der Waals surface area contributed by atoms with Crippen LogP contribution < -0.4 is 21.1 Å². The number of nitrogen functional groups attached to an aromatic ring is 1. The van der Waals surface area contributed by atoms with Crippen LogP contribution in [0.3, 0.4) is 0 Å². The summed E-state index contributed by atoms with van der Waals surface area (Å²) in [5.74, 6) is -0.795. The lowest BCUT2D eigenvalue weighted by atomic mass is 10.1. The van der Waals surface area contributed by atoms with Crippen LogP contribution in [0.25, 0.3) is 0 Å². The average Bonchev–Trinajstić information content (AvgIpc) is 2.82. The number of nitrogens with two attached hydrogens (primary N) is 2. The van der Waals surface area contributed by atoms with Gasteiger partial charge in [0.15, 0.2) is 11.6 Å². The maximum absolute atomic E-state index is 13.6. The first-order valence-electron chi connectivity index (χ1n) is 6.29. The Balaban J connectivity index is 2.25. The summed E-state index contributed by atoms with van der Waals surface area (Å²) in [7, 11) is 0. The van der Waals surface area contributed by atoms with E-state index in [4.69, 9.17) is 16.2 Å². The van der Waals surface area contributed by atoms with E-state index in [1.54, 1.807) is 13.0 Å². The maximum Gasteiger partial charge on any atom is 0.222 e. The van der Waals surface area contributed by atoms with Crippen molar-refractivity contribution < 1.29 is 13.9 Å². The lowest BCUT2D eigenvalue weighted by molar-refractivity contribution is -0.121. The Bertz CT molecular complexity index is 493. The molecule has 0 bridgehead atoms. The fraction of sp³-hybridized carbons (Fsp3) is 0.462. The maximum atomic E-state index is 13.6. The predicted octanol–water partition coefficient (Wildman–Crippen LogP) is 1.12. The van der Waals surface area contributed by atoms with Gasteiger partial charge >= 0.3 is 0 Å². The first kappa shape index (κ1) is 13.5. The molecule has 6 heteroatoms. The molecule has 1 amide bonds. The largest absolute Gasteiger partial charge is 0.491 e. The Morgan fingerprint density at radius 1 is 1.58 bits per heavy atom. The normalized spacial score (nSPS) is 18.6. The van der Waals surface area contributed by atoms with Gasteiger partial charge in [-0.25, -0.2) is 4.39 Å². The Kier molecular flexibility index (Phi) is 3.78. The molecule has 4 N–H and O–H groups in total. The average molecular weight is 267 g/mol. The molecule has 1 saturated heterocycles. The zero-order chi connectivity index (χ0) is 14.0. The van der Waals surface area contributed by atoms with Crippen molar-refractivity contribution in [3.63, 3.8) is 0 Å². The molecule has 1 aromatic rings. The molecule has 5 nitrogen and oxygen atoms in total. The highest BCUT2D eigenvalue weighted by Crippen LogP contribution is 2.34. The van der Waals surface area contributed by atoms with Crippen LogP contribution >= 0.6 is 0 Å². The number of benzene rings is 1. The summed E-state index contributed by atoms with van der Waals surface area (Å²) in [5, 5.41) is 0. The van der Waals surface area contributed by atoms with Gasteiger partial charge in [0.1, 0.15) is 0 Å². The molecule has 2 rings (SSSR count). The van der Waals surface area contributed by atoms with Crippen molar-refractivity contribution in [3.8, 4) is 5.75 Å². The number of hydrogen-bond donors (Lipinski definition) is 2. The van der Waals surface area contributed by atoms with Gasteiger partial charge in [0.2, 0.25) is 5.91 Å². The van der Waals surface area contributed by atoms with Gasteiger partial charge in [-0.3, -0.25) is 4.79 Å². The standard InChI is InChI=1S/C13H18FN3O2/c1-2-19-12-6-11(10(15)5-9(12)14)17-4-3-8(7-17)13(16)18/h5-6,8H,2-4,7,15H2,1H3,(H2,16,18). The van der Waals surface area contributed by atoms with Crippen molar-refractivity contribution in [2.75, 3.05) is 30.3 Å². The van der Waals surface area contributed by atoms with Crippen LogP contribution in [0.15, 0.2) is 12.1 Å². The van der Waals surface area contributed by atoms with Crippen molar-refractivity contribution in [2.45, 2.75) is 13.3 Å². The number of carbonyl (C=O) groups is 1. The molecule has 1 fully saturated rings. The first-order valence-corrected chi connectivity index (χ1v) is 6.29. The third-order valence-corrected chi connectivity index (χ3v) is 3.31. The molecule has 1 heterocycles. The number of anilines is 2. The summed E-state index contributed by atoms with van der Waals surface area (Å²) in [6, 6.07) is 2.83. The molecular formula is C13H18FN3O2. The quantitative estimate of drug-likeness (QED) is 0.801. The molecule has 19 heavy (non-hydrogen) atoms. The predicted molar refractivity (Wildman–Crippen MR) is 71.5 cm³/mol. The highest BCUT2D eigenvalue weighted by Gasteiger charge is 2.28. The zero-order valence-electron chi connectivity index (χ0n) is 10.9. The van der Waals surface area contributed by atoms with Gasteiger partial charge in [-0.15, -0.1) is 0 Å². The lowest BCUT2D eigenvalue weighted by Gasteiger charge is -2.21. The van der Waals surface area contributed by atoms with E-state index in [1.165, 1.54) is 6.07 Å². The van der Waals surface area contributed by atoms with Crippen molar-refractivity contribution >= 4 is 17.3 Å². The van der Waals surface area contributed by atoms with E-state index >= 15 is 0 Å². The third kappa shape index (κ3) is 2.72. The van der Waals surface area contributed by atoms with Crippen LogP contribution in [-0.2, 0) is 4.79 Å². The summed E-state index contributed by atoms with van der Waals surface area (Å²) >= 11 is 0. The molecule has 0 radical (unpaired) electrons. The molecule has 1 unspecified atom stereocenters. The van der Waals surface area contributed by atoms with Crippen LogP contribution in [-0.4, -0.2) is 25.6 Å². The highest BCUT2D eigenvalue weighted by atomic mass is 19.1. The van der Waals surface area contributed by atoms with Gasteiger partial charge < -0.3 is 21.1 Å². The molecule has 104 valence electrons. The fourth-order valence-electron chi connectivity index (χ4n) is 2.31. The van der Waals surface area contributed by atoms with E-state index in [2.05, 4.69) is 0 Å². The molecule has 0 aliphatic carbocycles. The topological polar surface area (TPSA) is 81.6 Å². The van der Waals surface area contributed by atoms with Crippen molar-refractivity contribution in [3.05, 3.63) is 17.9 Å². The van der Waals surface area contributed by atoms with E-state index in [9.17, 15) is 9.18 Å². The summed E-state index contributed by atoms with van der Waals surface area (Å²) < 4.78 is 18.8. The van der Waals surface area contributed by atoms with Crippen molar-refractivity contribution in [1.29, 1.82) is 0 Å². The Hall–Kier alpha value is -1.98. The SMILES string of the molecule is CCOc1cc(N2CCC(C(N)=O)C2)c(N)cc1F. The monoisotopic (exact) mass is 267 g/mol. The Labute approximate surface area is 111 Å². The first-order chi connectivity index (χ1) is 9.02. The summed E-state index contributed by atoms with van der Waals surface area (Å²) in [4.78, 5) is 13.1. The molecule has 1 atom stereocenters. The molecule has 1 aliphatic rings. The lowest BCUT2D eigenvalue weighted by Crippen LogP contribution is -2.27. The van der Waals surface area contributed by atoms with Crippen molar-refractivity contribution in [2.24, 2.45) is 11.7 Å². The number of carbonyl (C=O) groups excluding carboxylic acids is 1. The zero-order valence-corrected chi connectivity index (χ0v) is 10.9. The summed E-state index contributed by atoms with van der Waals surface area (Å²) in [6.07, 6.45) is 0.691. The number of nitrogens with zero attached hydrogens (tertiary/aromatic N) is 1. The van der Waals surface area contributed by atoms with Gasteiger partial charge in [-0.1, -0.05) is 0 Å². The third-order valence-electron chi connectivity index (χ3n) is 3.31.